The molecular formula is C46H78N4O2. The largest absolute Gasteiger partial charge is 0.326 e. The molecule has 2 amide bonds. The Hall–Kier alpha value is -2.70. The van der Waals surface area contributed by atoms with Gasteiger partial charge in [0.15, 0.2) is 0 Å². The van der Waals surface area contributed by atoms with Crippen LogP contribution >= 0.6 is 0 Å². The standard InChI is InChI=1S/C46H78N4O2/c1-5-9-13-17-19-23-35-47-39-49(37-25-21-15-11-7-3)45(51)43-31-27-41(28-32-43)42-29-33-44(34-30-42)46(52)50(38-26-22-16-12-8-4)40-48-36-24-20-18-14-10-6-2/h27-34,47-48H,5-26,35-40H2,1-4H3. The zero-order chi connectivity index (χ0) is 37.5. The molecular weight excluding hydrogens is 641 g/mol. The van der Waals surface area contributed by atoms with Crippen LogP contribution in [0.25, 0.3) is 11.1 Å². The Morgan fingerprint density at radius 2 is 0.692 bits per heavy atom. The third-order valence-electron chi connectivity index (χ3n) is 10.3. The van der Waals surface area contributed by atoms with Gasteiger partial charge in [0, 0.05) is 24.2 Å². The molecule has 0 heterocycles. The molecule has 294 valence electrons. The van der Waals surface area contributed by atoms with Crippen molar-refractivity contribution < 1.29 is 9.59 Å². The summed E-state index contributed by atoms with van der Waals surface area (Å²) in [6.07, 6.45) is 27.1. The molecule has 0 saturated carbocycles. The normalized spacial score (nSPS) is 11.2. The maximum absolute atomic E-state index is 13.7. The summed E-state index contributed by atoms with van der Waals surface area (Å²) in [6, 6.07) is 16.0. The van der Waals surface area contributed by atoms with Crippen LogP contribution in [0, 0.1) is 0 Å². The van der Waals surface area contributed by atoms with Crippen LogP contribution in [0.3, 0.4) is 0 Å². The topological polar surface area (TPSA) is 64.7 Å². The summed E-state index contributed by atoms with van der Waals surface area (Å²) in [5, 5.41) is 7.11. The zero-order valence-electron chi connectivity index (χ0n) is 34.1. The van der Waals surface area contributed by atoms with Gasteiger partial charge in [-0.25, -0.2) is 0 Å². The number of nitrogens with zero attached hydrogens (tertiary/aromatic N) is 2. The number of hydrogen-bond acceptors (Lipinski definition) is 4. The van der Waals surface area contributed by atoms with E-state index in [1.54, 1.807) is 0 Å². The molecule has 2 aromatic rings. The fourth-order valence-electron chi connectivity index (χ4n) is 6.78. The number of benzene rings is 2. The minimum absolute atomic E-state index is 0.0957. The maximum Gasteiger partial charge on any atom is 0.254 e. The van der Waals surface area contributed by atoms with Crippen LogP contribution in [0.4, 0.5) is 0 Å². The van der Waals surface area contributed by atoms with Crippen molar-refractivity contribution in [2.24, 2.45) is 0 Å². The van der Waals surface area contributed by atoms with Gasteiger partial charge in [-0.05, 0) is 74.2 Å². The van der Waals surface area contributed by atoms with Crippen LogP contribution in [0.15, 0.2) is 48.5 Å². The summed E-state index contributed by atoms with van der Waals surface area (Å²) >= 11 is 0. The van der Waals surface area contributed by atoms with E-state index >= 15 is 0 Å². The van der Waals surface area contributed by atoms with Crippen LogP contribution in [0.2, 0.25) is 0 Å². The summed E-state index contributed by atoms with van der Waals surface area (Å²) in [6.45, 7) is 13.7. The van der Waals surface area contributed by atoms with Crippen LogP contribution < -0.4 is 10.6 Å². The number of unbranched alkanes of at least 4 members (excludes halogenated alkanes) is 18. The molecule has 0 atom stereocenters. The molecule has 6 nitrogen and oxygen atoms in total. The smallest absolute Gasteiger partial charge is 0.254 e. The molecule has 0 unspecified atom stereocenters. The molecule has 0 aromatic heterocycles. The fraction of sp³-hybridized carbons (Fsp3) is 0.696. The Morgan fingerprint density at radius 1 is 0.404 bits per heavy atom. The average molecular weight is 719 g/mol. The van der Waals surface area contributed by atoms with Gasteiger partial charge in [0.2, 0.25) is 0 Å². The molecule has 0 aliphatic rings. The second-order valence-electron chi connectivity index (χ2n) is 15.0. The first-order valence-electron chi connectivity index (χ1n) is 21.8. The minimum atomic E-state index is 0.0957. The fourth-order valence-corrected chi connectivity index (χ4v) is 6.78. The van der Waals surface area contributed by atoms with E-state index in [0.717, 1.165) is 74.1 Å². The van der Waals surface area contributed by atoms with E-state index in [-0.39, 0.29) is 11.8 Å². The Morgan fingerprint density at radius 3 is 1.02 bits per heavy atom. The molecule has 0 saturated heterocycles. The lowest BCUT2D eigenvalue weighted by atomic mass is 10.0. The second kappa shape index (κ2) is 30.7. The van der Waals surface area contributed by atoms with Crippen LogP contribution in [0.1, 0.15) is 190 Å². The van der Waals surface area contributed by atoms with Gasteiger partial charge in [-0.2, -0.15) is 0 Å². The van der Waals surface area contributed by atoms with Gasteiger partial charge >= 0.3 is 0 Å². The van der Waals surface area contributed by atoms with E-state index in [1.807, 2.05) is 58.3 Å². The van der Waals surface area contributed by atoms with E-state index in [0.29, 0.717) is 13.3 Å². The van der Waals surface area contributed by atoms with Crippen molar-refractivity contribution in [1.82, 2.24) is 20.4 Å². The lowest BCUT2D eigenvalue weighted by Crippen LogP contribution is -2.40. The molecule has 0 aliphatic heterocycles. The lowest BCUT2D eigenvalue weighted by molar-refractivity contribution is 0.0731. The highest BCUT2D eigenvalue weighted by atomic mass is 16.2. The molecule has 0 spiro atoms. The molecule has 52 heavy (non-hydrogen) atoms. The van der Waals surface area contributed by atoms with Gasteiger partial charge in [0.05, 0.1) is 13.3 Å². The highest BCUT2D eigenvalue weighted by Gasteiger charge is 2.17. The molecule has 0 radical (unpaired) electrons. The van der Waals surface area contributed by atoms with Gasteiger partial charge in [-0.1, -0.05) is 168 Å². The maximum atomic E-state index is 13.7. The van der Waals surface area contributed by atoms with Crippen molar-refractivity contribution >= 4 is 11.8 Å². The molecule has 0 aliphatic carbocycles. The summed E-state index contributed by atoms with van der Waals surface area (Å²) in [7, 11) is 0. The number of hydrogen-bond donors (Lipinski definition) is 2. The first-order chi connectivity index (χ1) is 25.5. The van der Waals surface area contributed by atoms with Crippen molar-refractivity contribution in [3.8, 4) is 11.1 Å². The van der Waals surface area contributed by atoms with Gasteiger partial charge in [-0.3, -0.25) is 20.2 Å². The molecule has 0 bridgehead atoms. The molecule has 0 fully saturated rings. The summed E-state index contributed by atoms with van der Waals surface area (Å²) in [4.78, 5) is 31.3. The SMILES string of the molecule is CCCCCCCCNCN(CCCCCCC)C(=O)c1ccc(-c2ccc(C(=O)N(CCCCCCC)CNCCCCCCCC)cc2)cc1. The number of carbonyl (C=O) groups excluding carboxylic acids is 2. The highest BCUT2D eigenvalue weighted by Crippen LogP contribution is 2.22. The van der Waals surface area contributed by atoms with E-state index in [9.17, 15) is 9.59 Å². The summed E-state index contributed by atoms with van der Waals surface area (Å²) in [5.41, 5.74) is 3.56. The Kier molecular flexibility index (Phi) is 26.9. The quantitative estimate of drug-likeness (QED) is 0.0570. The van der Waals surface area contributed by atoms with Gasteiger partial charge in [-0.15, -0.1) is 0 Å². The second-order valence-corrected chi connectivity index (χ2v) is 15.0. The number of rotatable bonds is 33. The molecule has 2 rings (SSSR count). The summed E-state index contributed by atoms with van der Waals surface area (Å²) < 4.78 is 0. The zero-order valence-corrected chi connectivity index (χ0v) is 34.1. The van der Waals surface area contributed by atoms with E-state index in [4.69, 9.17) is 0 Å². The van der Waals surface area contributed by atoms with Crippen LogP contribution in [0.5, 0.6) is 0 Å². The summed E-state index contributed by atoms with van der Waals surface area (Å²) in [5.74, 6) is 0.191. The van der Waals surface area contributed by atoms with Crippen molar-refractivity contribution in [1.29, 1.82) is 0 Å². The Bertz CT molecular complexity index is 1060. The molecule has 2 N–H and O–H groups in total. The van der Waals surface area contributed by atoms with Crippen LogP contribution in [-0.4, -0.2) is 61.1 Å². The van der Waals surface area contributed by atoms with E-state index < -0.39 is 0 Å². The van der Waals surface area contributed by atoms with Gasteiger partial charge in [0.25, 0.3) is 11.8 Å². The predicted molar refractivity (Wildman–Crippen MR) is 224 cm³/mol. The Labute approximate surface area is 320 Å². The molecule has 2 aromatic carbocycles. The minimum Gasteiger partial charge on any atom is -0.326 e. The monoisotopic (exact) mass is 719 g/mol. The van der Waals surface area contributed by atoms with Crippen molar-refractivity contribution in [2.45, 2.75) is 169 Å². The third kappa shape index (κ3) is 19.9. The predicted octanol–water partition coefficient (Wildman–Crippen LogP) is 12.0. The van der Waals surface area contributed by atoms with Crippen LogP contribution in [-0.2, 0) is 0 Å². The first-order valence-corrected chi connectivity index (χ1v) is 21.8. The molecule has 6 heteroatoms. The number of nitrogens with one attached hydrogen (secondary N) is 2. The average Bonchev–Trinajstić information content (AvgIpc) is 3.17. The lowest BCUT2D eigenvalue weighted by Gasteiger charge is -2.24. The highest BCUT2D eigenvalue weighted by molar-refractivity contribution is 5.95. The van der Waals surface area contributed by atoms with Gasteiger partial charge in [0.1, 0.15) is 0 Å². The number of amides is 2. The van der Waals surface area contributed by atoms with Crippen molar-refractivity contribution in [3.63, 3.8) is 0 Å². The van der Waals surface area contributed by atoms with Gasteiger partial charge < -0.3 is 9.80 Å². The number of carbonyl (C=O) groups is 2. The first kappa shape index (κ1) is 45.5. The Balaban J connectivity index is 1.99. The van der Waals surface area contributed by atoms with E-state index in [2.05, 4.69) is 38.3 Å². The van der Waals surface area contributed by atoms with Crippen molar-refractivity contribution in [3.05, 3.63) is 59.7 Å². The third-order valence-corrected chi connectivity index (χ3v) is 10.3. The van der Waals surface area contributed by atoms with Crippen molar-refractivity contribution in [2.75, 3.05) is 39.5 Å². The van der Waals surface area contributed by atoms with E-state index in [1.165, 1.54) is 116 Å².